The van der Waals surface area contributed by atoms with E-state index in [0.29, 0.717) is 24.3 Å². The van der Waals surface area contributed by atoms with Crippen molar-refractivity contribution < 1.29 is 4.74 Å². The van der Waals surface area contributed by atoms with Crippen LogP contribution in [-0.4, -0.2) is 36.2 Å². The minimum Gasteiger partial charge on any atom is -0.375 e. The van der Waals surface area contributed by atoms with Gasteiger partial charge in [-0.3, -0.25) is 0 Å². The molecule has 0 N–H and O–H groups in total. The molecule has 0 amide bonds. The molecule has 0 bridgehead atoms. The number of hydrogen-bond donors (Lipinski definition) is 0. The lowest BCUT2D eigenvalue weighted by atomic mass is 9.91. The number of piperidine rings is 1. The van der Waals surface area contributed by atoms with Crippen LogP contribution < -0.4 is 0 Å². The summed E-state index contributed by atoms with van der Waals surface area (Å²) < 4.78 is 5.85. The maximum Gasteiger partial charge on any atom is 0.0608 e. The lowest BCUT2D eigenvalue weighted by molar-refractivity contribution is -0.0521. The number of nitrogens with zero attached hydrogens (tertiary/aromatic N) is 1. The average Bonchev–Trinajstić information content (AvgIpc) is 2.47. The molecule has 1 heterocycles. The summed E-state index contributed by atoms with van der Waals surface area (Å²) in [6.07, 6.45) is 10.6. The highest BCUT2D eigenvalue weighted by molar-refractivity contribution is 4.83. The Labute approximate surface area is 141 Å². The zero-order chi connectivity index (χ0) is 17.1. The molecule has 0 radical (unpaired) electrons. The summed E-state index contributed by atoms with van der Waals surface area (Å²) in [6, 6.07) is 1.32. The predicted molar refractivity (Wildman–Crippen MR) is 99.5 cm³/mol. The standard InChI is InChI=1S/C11H23NO.C7H14.C2H6/c1-8(2)13-11-6-9(3)12(5)10(4)7-11;1-7-5-3-2-4-6-7;1-2/h8-11H,6-7H2,1-5H3;7H,2-6H2,1H3;1-2H3. The summed E-state index contributed by atoms with van der Waals surface area (Å²) in [4.78, 5) is 2.44. The van der Waals surface area contributed by atoms with Crippen molar-refractivity contribution in [3.8, 4) is 0 Å². The highest BCUT2D eigenvalue weighted by atomic mass is 16.5. The van der Waals surface area contributed by atoms with Crippen molar-refractivity contribution in [2.75, 3.05) is 7.05 Å². The summed E-state index contributed by atoms with van der Waals surface area (Å²) in [6.45, 7) is 15.2. The Morgan fingerprint density at radius 2 is 1.32 bits per heavy atom. The van der Waals surface area contributed by atoms with Crippen LogP contribution in [0.25, 0.3) is 0 Å². The molecule has 2 rings (SSSR count). The van der Waals surface area contributed by atoms with Crippen LogP contribution in [0.5, 0.6) is 0 Å². The Morgan fingerprint density at radius 1 is 0.864 bits per heavy atom. The predicted octanol–water partition coefficient (Wildman–Crippen LogP) is 5.90. The van der Waals surface area contributed by atoms with Gasteiger partial charge in [0.05, 0.1) is 12.2 Å². The fourth-order valence-corrected chi connectivity index (χ4v) is 3.43. The van der Waals surface area contributed by atoms with Crippen LogP contribution in [-0.2, 0) is 4.74 Å². The van der Waals surface area contributed by atoms with Crippen molar-refractivity contribution >= 4 is 0 Å². The lowest BCUT2D eigenvalue weighted by Crippen LogP contribution is -2.46. The molecular formula is C20H43NO. The van der Waals surface area contributed by atoms with E-state index in [2.05, 4.69) is 46.6 Å². The zero-order valence-corrected chi connectivity index (χ0v) is 16.7. The molecule has 2 nitrogen and oxygen atoms in total. The second kappa shape index (κ2) is 12.4. The van der Waals surface area contributed by atoms with Gasteiger partial charge in [-0.2, -0.15) is 0 Å². The molecule has 134 valence electrons. The van der Waals surface area contributed by atoms with Crippen LogP contribution in [0.3, 0.4) is 0 Å². The molecule has 0 spiro atoms. The molecule has 2 atom stereocenters. The summed E-state index contributed by atoms with van der Waals surface area (Å²) in [7, 11) is 2.21. The van der Waals surface area contributed by atoms with Crippen LogP contribution in [0.2, 0.25) is 0 Å². The van der Waals surface area contributed by atoms with Crippen molar-refractivity contribution in [1.29, 1.82) is 0 Å². The van der Waals surface area contributed by atoms with Gasteiger partial charge in [0, 0.05) is 12.1 Å². The maximum absolute atomic E-state index is 5.85. The number of hydrogen-bond acceptors (Lipinski definition) is 2. The van der Waals surface area contributed by atoms with Crippen LogP contribution >= 0.6 is 0 Å². The van der Waals surface area contributed by atoms with E-state index in [1.165, 1.54) is 44.9 Å². The zero-order valence-electron chi connectivity index (χ0n) is 16.7. The largest absolute Gasteiger partial charge is 0.375 e. The van der Waals surface area contributed by atoms with Gasteiger partial charge in [0.25, 0.3) is 0 Å². The van der Waals surface area contributed by atoms with E-state index in [-0.39, 0.29) is 0 Å². The smallest absolute Gasteiger partial charge is 0.0608 e. The van der Waals surface area contributed by atoms with E-state index >= 15 is 0 Å². The topological polar surface area (TPSA) is 12.5 Å². The van der Waals surface area contributed by atoms with Crippen LogP contribution in [0.1, 0.15) is 93.4 Å². The summed E-state index contributed by atoms with van der Waals surface area (Å²) in [5.74, 6) is 1.04. The van der Waals surface area contributed by atoms with Crippen LogP contribution in [0.4, 0.5) is 0 Å². The minimum atomic E-state index is 0.368. The van der Waals surface area contributed by atoms with E-state index in [9.17, 15) is 0 Å². The highest BCUT2D eigenvalue weighted by Gasteiger charge is 2.28. The van der Waals surface area contributed by atoms with E-state index in [1.807, 2.05) is 13.8 Å². The van der Waals surface area contributed by atoms with Crippen LogP contribution in [0.15, 0.2) is 0 Å². The lowest BCUT2D eigenvalue weighted by Gasteiger charge is -2.40. The second-order valence-corrected chi connectivity index (χ2v) is 7.38. The molecule has 1 aliphatic heterocycles. The SMILES string of the molecule is CC.CC(C)OC1CC(C)N(C)C(C)C1.CC1CCCCC1. The van der Waals surface area contributed by atoms with Crippen LogP contribution in [0, 0.1) is 5.92 Å². The van der Waals surface area contributed by atoms with Crippen molar-refractivity contribution in [2.24, 2.45) is 5.92 Å². The number of rotatable bonds is 2. The first-order valence-electron chi connectivity index (χ1n) is 9.77. The van der Waals surface area contributed by atoms with Gasteiger partial charge >= 0.3 is 0 Å². The van der Waals surface area contributed by atoms with E-state index in [4.69, 9.17) is 4.74 Å². The first-order valence-corrected chi connectivity index (χ1v) is 9.77. The molecule has 1 saturated heterocycles. The Bertz CT molecular complexity index is 236. The molecule has 1 saturated carbocycles. The Hall–Kier alpha value is -0.0800. The van der Waals surface area contributed by atoms with Crippen molar-refractivity contribution in [1.82, 2.24) is 4.90 Å². The van der Waals surface area contributed by atoms with Crippen molar-refractivity contribution in [2.45, 2.75) is 118 Å². The van der Waals surface area contributed by atoms with Crippen molar-refractivity contribution in [3.63, 3.8) is 0 Å². The number of ether oxygens (including phenoxy) is 1. The molecule has 2 aliphatic rings. The Morgan fingerprint density at radius 3 is 1.64 bits per heavy atom. The molecule has 2 fully saturated rings. The van der Waals surface area contributed by atoms with E-state index in [1.54, 1.807) is 0 Å². The summed E-state index contributed by atoms with van der Waals surface area (Å²) in [5.41, 5.74) is 0. The Balaban J connectivity index is 0.000000412. The van der Waals surface area contributed by atoms with E-state index < -0.39 is 0 Å². The normalized spacial score (nSPS) is 30.1. The summed E-state index contributed by atoms with van der Waals surface area (Å²) >= 11 is 0. The summed E-state index contributed by atoms with van der Waals surface area (Å²) in [5, 5.41) is 0. The molecule has 2 heteroatoms. The molecule has 1 aliphatic carbocycles. The van der Waals surface area contributed by atoms with Gasteiger partial charge in [-0.05, 0) is 53.5 Å². The molecule has 2 unspecified atom stereocenters. The third-order valence-electron chi connectivity index (χ3n) is 4.96. The third kappa shape index (κ3) is 9.15. The third-order valence-corrected chi connectivity index (χ3v) is 4.96. The van der Waals surface area contributed by atoms with Gasteiger partial charge in [0.1, 0.15) is 0 Å². The minimum absolute atomic E-state index is 0.368. The fourth-order valence-electron chi connectivity index (χ4n) is 3.43. The van der Waals surface area contributed by atoms with Gasteiger partial charge < -0.3 is 9.64 Å². The Kier molecular flexibility index (Phi) is 12.3. The maximum atomic E-state index is 5.85. The first kappa shape index (κ1) is 21.9. The van der Waals surface area contributed by atoms with Gasteiger partial charge in [-0.25, -0.2) is 0 Å². The molecule has 0 aromatic heterocycles. The number of likely N-dealkylation sites (tertiary alicyclic amines) is 1. The monoisotopic (exact) mass is 313 g/mol. The van der Waals surface area contributed by atoms with E-state index in [0.717, 1.165) is 5.92 Å². The van der Waals surface area contributed by atoms with Crippen molar-refractivity contribution in [3.05, 3.63) is 0 Å². The molecule has 22 heavy (non-hydrogen) atoms. The second-order valence-electron chi connectivity index (χ2n) is 7.38. The molecule has 0 aromatic rings. The first-order chi connectivity index (χ1) is 10.4. The quantitative estimate of drug-likeness (QED) is 0.629. The van der Waals surface area contributed by atoms with Gasteiger partial charge in [-0.15, -0.1) is 0 Å². The molecule has 0 aromatic carbocycles. The van der Waals surface area contributed by atoms with Gasteiger partial charge in [0.2, 0.25) is 0 Å². The molecular weight excluding hydrogens is 270 g/mol. The highest BCUT2D eigenvalue weighted by Crippen LogP contribution is 2.24. The van der Waals surface area contributed by atoms with Gasteiger partial charge in [-0.1, -0.05) is 52.9 Å². The fraction of sp³-hybridized carbons (Fsp3) is 1.00. The average molecular weight is 314 g/mol. The van der Waals surface area contributed by atoms with Gasteiger partial charge in [0.15, 0.2) is 0 Å².